The predicted molar refractivity (Wildman–Crippen MR) is 171 cm³/mol. The van der Waals surface area contributed by atoms with E-state index in [-0.39, 0.29) is 28.5 Å². The number of urea groups is 1. The molecular weight excluding hydrogens is 596 g/mol. The summed E-state index contributed by atoms with van der Waals surface area (Å²) in [6.45, 7) is 0. The van der Waals surface area contributed by atoms with Gasteiger partial charge in [-0.2, -0.15) is 20.5 Å². The minimum Gasteiger partial charge on any atom is -0.423 e. The first-order valence-corrected chi connectivity index (χ1v) is 14.1. The Labute approximate surface area is 268 Å². The molecule has 0 aliphatic carbocycles. The number of esters is 2. The number of anilines is 2. The number of nitriles is 2. The molecule has 5 aromatic carbocycles. The van der Waals surface area contributed by atoms with E-state index in [0.29, 0.717) is 28.1 Å². The van der Waals surface area contributed by atoms with Crippen LogP contribution in [0.25, 0.3) is 0 Å². The lowest BCUT2D eigenvalue weighted by Gasteiger charge is -2.31. The van der Waals surface area contributed by atoms with Gasteiger partial charge in [0.25, 0.3) is 0 Å². The number of hydrogen-bond acceptors (Lipinski definition) is 8. The molecule has 0 aromatic heterocycles. The van der Waals surface area contributed by atoms with Crippen molar-refractivity contribution in [2.24, 2.45) is 5.10 Å². The summed E-state index contributed by atoms with van der Waals surface area (Å²) < 4.78 is 10.9. The fraction of sp³-hybridized carbons (Fsp3) is 0. The number of carbonyl (C=O) groups is 3. The largest absolute Gasteiger partial charge is 0.423 e. The third kappa shape index (κ3) is 6.65. The first kappa shape index (κ1) is 29.8. The van der Waals surface area contributed by atoms with Crippen molar-refractivity contribution in [3.8, 4) is 23.6 Å². The molecule has 0 saturated heterocycles. The van der Waals surface area contributed by atoms with Gasteiger partial charge in [0.05, 0.1) is 45.8 Å². The zero-order valence-corrected chi connectivity index (χ0v) is 24.3. The SMILES string of the molecule is N#Cc1ccc(C(=O)Oc2ccc(N3[N]C(c4ccccc4)=NN(c4ccc(OC(=O)c5ccc(C#N)cc5)cc4)C3=O)cc2)cc1. The number of ether oxygens (including phenoxy) is 2. The van der Waals surface area contributed by atoms with Crippen LogP contribution < -0.4 is 24.9 Å². The number of benzene rings is 5. The number of carbonyl (C=O) groups excluding carboxylic acids is 3. The zero-order chi connectivity index (χ0) is 32.8. The van der Waals surface area contributed by atoms with Gasteiger partial charge in [-0.05, 0) is 97.1 Å². The van der Waals surface area contributed by atoms with Crippen LogP contribution in [-0.2, 0) is 0 Å². The second kappa shape index (κ2) is 13.2. The normalized spacial score (nSPS) is 12.2. The summed E-state index contributed by atoms with van der Waals surface area (Å²) in [5.74, 6) is -0.453. The van der Waals surface area contributed by atoms with Gasteiger partial charge in [0.1, 0.15) is 11.5 Å². The van der Waals surface area contributed by atoms with Crippen molar-refractivity contribution in [2.75, 3.05) is 10.0 Å². The van der Waals surface area contributed by atoms with Crippen LogP contribution in [0.1, 0.15) is 37.4 Å². The first-order valence-electron chi connectivity index (χ1n) is 14.1. The molecule has 0 saturated carbocycles. The molecule has 0 N–H and O–H groups in total. The Hall–Kier alpha value is -7.24. The minimum absolute atomic E-state index is 0.243. The van der Waals surface area contributed by atoms with E-state index in [1.165, 1.54) is 82.8 Å². The topological polar surface area (TPSA) is 150 Å². The fourth-order valence-corrected chi connectivity index (χ4v) is 4.43. The minimum atomic E-state index is -0.600. The Morgan fingerprint density at radius 2 is 1.02 bits per heavy atom. The van der Waals surface area contributed by atoms with E-state index in [1.54, 1.807) is 24.3 Å². The number of hydrogen-bond donors (Lipinski definition) is 0. The van der Waals surface area contributed by atoms with Gasteiger partial charge in [0.2, 0.25) is 0 Å². The number of amides is 2. The second-order valence-corrected chi connectivity index (χ2v) is 9.94. The highest BCUT2D eigenvalue weighted by molar-refractivity contribution is 6.13. The van der Waals surface area contributed by atoms with Gasteiger partial charge < -0.3 is 9.47 Å². The molecule has 11 nitrogen and oxygen atoms in total. The Kier molecular flexibility index (Phi) is 8.36. The molecule has 11 heteroatoms. The molecule has 0 fully saturated rings. The maximum absolute atomic E-state index is 13.7. The summed E-state index contributed by atoms with van der Waals surface area (Å²) in [6.07, 6.45) is 0. The Balaban J connectivity index is 1.22. The number of nitrogens with zero attached hydrogens (tertiary/aromatic N) is 6. The van der Waals surface area contributed by atoms with Gasteiger partial charge in [-0.15, -0.1) is 10.5 Å². The molecule has 1 aliphatic heterocycles. The van der Waals surface area contributed by atoms with Crippen LogP contribution in [0.5, 0.6) is 11.5 Å². The van der Waals surface area contributed by atoms with Crippen LogP contribution in [0.15, 0.2) is 132 Å². The van der Waals surface area contributed by atoms with Crippen molar-refractivity contribution in [3.63, 3.8) is 0 Å². The molecule has 0 spiro atoms. The molecular formula is C36H21N6O5. The Morgan fingerprint density at radius 1 is 0.574 bits per heavy atom. The van der Waals surface area contributed by atoms with Crippen LogP contribution in [0.3, 0.4) is 0 Å². The zero-order valence-electron chi connectivity index (χ0n) is 24.3. The average molecular weight is 618 g/mol. The third-order valence-electron chi connectivity index (χ3n) is 6.87. The lowest BCUT2D eigenvalue weighted by atomic mass is 10.1. The second-order valence-electron chi connectivity index (χ2n) is 9.94. The van der Waals surface area contributed by atoms with E-state index in [4.69, 9.17) is 20.0 Å². The van der Waals surface area contributed by atoms with E-state index in [2.05, 4.69) is 10.5 Å². The highest BCUT2D eigenvalue weighted by Crippen LogP contribution is 2.28. The van der Waals surface area contributed by atoms with Crippen molar-refractivity contribution in [3.05, 3.63) is 155 Å². The smallest absolute Gasteiger partial charge is 0.370 e. The lowest BCUT2D eigenvalue weighted by molar-refractivity contribution is 0.0725. The summed E-state index contributed by atoms with van der Waals surface area (Å²) in [6, 6.07) is 37.1. The van der Waals surface area contributed by atoms with Crippen molar-refractivity contribution in [1.29, 1.82) is 10.5 Å². The van der Waals surface area contributed by atoms with Crippen molar-refractivity contribution < 1.29 is 23.9 Å². The molecule has 1 radical (unpaired) electrons. The van der Waals surface area contributed by atoms with Gasteiger partial charge in [0, 0.05) is 5.56 Å². The van der Waals surface area contributed by atoms with Crippen LogP contribution >= 0.6 is 0 Å². The van der Waals surface area contributed by atoms with Crippen LogP contribution in [0.2, 0.25) is 0 Å². The molecule has 5 aromatic rings. The van der Waals surface area contributed by atoms with Crippen LogP contribution in [0, 0.1) is 22.7 Å². The van der Waals surface area contributed by atoms with E-state index in [0.717, 1.165) is 0 Å². The van der Waals surface area contributed by atoms with Gasteiger partial charge in [0.15, 0.2) is 5.84 Å². The summed E-state index contributed by atoms with van der Waals surface area (Å²) in [4.78, 5) is 38.9. The molecule has 47 heavy (non-hydrogen) atoms. The summed E-state index contributed by atoms with van der Waals surface area (Å²) in [7, 11) is 0. The summed E-state index contributed by atoms with van der Waals surface area (Å²) in [5.41, 5.74) is 7.34. The van der Waals surface area contributed by atoms with Crippen LogP contribution in [0.4, 0.5) is 16.2 Å². The maximum Gasteiger partial charge on any atom is 0.370 e. The van der Waals surface area contributed by atoms with Crippen molar-refractivity contribution in [1.82, 2.24) is 5.43 Å². The van der Waals surface area contributed by atoms with Crippen LogP contribution in [-0.4, -0.2) is 23.8 Å². The van der Waals surface area contributed by atoms with Crippen molar-refractivity contribution in [2.45, 2.75) is 0 Å². The lowest BCUT2D eigenvalue weighted by Crippen LogP contribution is -2.52. The number of hydrazone groups is 1. The molecule has 0 unspecified atom stereocenters. The summed E-state index contributed by atoms with van der Waals surface area (Å²) in [5, 5.41) is 24.8. The third-order valence-corrected chi connectivity index (χ3v) is 6.87. The van der Waals surface area contributed by atoms with Crippen molar-refractivity contribution >= 4 is 35.2 Å². The highest BCUT2D eigenvalue weighted by Gasteiger charge is 2.32. The monoisotopic (exact) mass is 617 g/mol. The molecule has 1 heterocycles. The number of amidine groups is 1. The standard InChI is InChI=1S/C36H21N6O5/c37-22-24-6-10-27(11-7-24)34(43)46-31-18-14-29(15-19-31)41-36(45)42(40-33(39-41)26-4-2-1-3-5-26)30-16-20-32(21-17-30)47-35(44)28-12-8-25(23-38)9-13-28/h1-21H. The quantitative estimate of drug-likeness (QED) is 0.156. The van der Waals surface area contributed by atoms with Gasteiger partial charge in [-0.25, -0.2) is 14.4 Å². The molecule has 1 aliphatic rings. The Bertz CT molecular complexity index is 2070. The highest BCUT2D eigenvalue weighted by atomic mass is 16.5. The summed E-state index contributed by atoms with van der Waals surface area (Å²) >= 11 is 0. The number of rotatable bonds is 7. The fourth-order valence-electron chi connectivity index (χ4n) is 4.43. The van der Waals surface area contributed by atoms with E-state index in [9.17, 15) is 14.4 Å². The molecule has 2 amide bonds. The van der Waals surface area contributed by atoms with E-state index >= 15 is 0 Å². The predicted octanol–water partition coefficient (Wildman–Crippen LogP) is 6.20. The molecule has 225 valence electrons. The van der Waals surface area contributed by atoms with E-state index in [1.807, 2.05) is 42.5 Å². The maximum atomic E-state index is 13.7. The molecule has 0 atom stereocenters. The van der Waals surface area contributed by atoms with Gasteiger partial charge in [-0.3, -0.25) is 0 Å². The average Bonchev–Trinajstić information content (AvgIpc) is 3.13. The van der Waals surface area contributed by atoms with Gasteiger partial charge in [-0.1, -0.05) is 30.3 Å². The van der Waals surface area contributed by atoms with E-state index < -0.39 is 18.0 Å². The molecule has 0 bridgehead atoms. The first-order chi connectivity index (χ1) is 22.9. The Morgan fingerprint density at radius 3 is 1.47 bits per heavy atom. The molecule has 6 rings (SSSR count). The van der Waals surface area contributed by atoms with Gasteiger partial charge >= 0.3 is 18.0 Å².